The molecule has 88 valence electrons. The van der Waals surface area contributed by atoms with Crippen LogP contribution in [0.15, 0.2) is 22.7 Å². The molecule has 0 radical (unpaired) electrons. The van der Waals surface area contributed by atoms with Gasteiger partial charge in [-0.05, 0) is 25.1 Å². The van der Waals surface area contributed by atoms with Crippen molar-refractivity contribution in [1.82, 2.24) is 0 Å². The second kappa shape index (κ2) is 5.11. The molecule has 0 aliphatic heterocycles. The largest absolute Gasteiger partial charge is 0.389 e. The Balaban J connectivity index is 3.21. The quantitative estimate of drug-likeness (QED) is 0.830. The number of nitrogens with two attached hydrogens (primary N) is 1. The van der Waals surface area contributed by atoms with Crippen LogP contribution in [0.3, 0.4) is 0 Å². The van der Waals surface area contributed by atoms with Crippen LogP contribution in [0.4, 0.5) is 5.69 Å². The number of hydrogen-bond acceptors (Lipinski definition) is 3. The van der Waals surface area contributed by atoms with E-state index in [0.717, 1.165) is 4.47 Å². The molecule has 0 spiro atoms. The first kappa shape index (κ1) is 13.4. The van der Waals surface area contributed by atoms with Gasteiger partial charge in [0.05, 0.1) is 11.4 Å². The average molecular weight is 323 g/mol. The van der Waals surface area contributed by atoms with Crippen molar-refractivity contribution in [1.29, 1.82) is 0 Å². The summed E-state index contributed by atoms with van der Waals surface area (Å²) in [4.78, 5) is 0.154. The van der Waals surface area contributed by atoms with Gasteiger partial charge in [-0.25, -0.2) is 8.42 Å². The molecule has 0 fully saturated rings. The van der Waals surface area contributed by atoms with Crippen molar-refractivity contribution in [3.63, 3.8) is 0 Å². The highest BCUT2D eigenvalue weighted by Crippen LogP contribution is 2.22. The molecule has 1 aromatic rings. The standard InChI is InChI=1S/C9H11BrN2O2S2/c1-2-16(13,14)12-8-5-6(10)3-4-7(8)9(11)15/h3-5,12H,2H2,1H3,(H2,11,15). The van der Waals surface area contributed by atoms with Crippen LogP contribution >= 0.6 is 28.1 Å². The SMILES string of the molecule is CCS(=O)(=O)Nc1cc(Br)ccc1C(N)=S. The van der Waals surface area contributed by atoms with E-state index in [0.29, 0.717) is 11.3 Å². The Kier molecular flexibility index (Phi) is 4.28. The summed E-state index contributed by atoms with van der Waals surface area (Å²) in [5.74, 6) is -0.00368. The number of halogens is 1. The van der Waals surface area contributed by atoms with Gasteiger partial charge in [0.1, 0.15) is 4.99 Å². The van der Waals surface area contributed by atoms with Crippen molar-refractivity contribution < 1.29 is 8.42 Å². The summed E-state index contributed by atoms with van der Waals surface area (Å²) < 4.78 is 26.1. The van der Waals surface area contributed by atoms with Crippen molar-refractivity contribution >= 4 is 48.8 Å². The van der Waals surface area contributed by atoms with E-state index in [2.05, 4.69) is 20.7 Å². The molecule has 0 saturated heterocycles. The zero-order chi connectivity index (χ0) is 12.3. The minimum Gasteiger partial charge on any atom is -0.389 e. The van der Waals surface area contributed by atoms with Gasteiger partial charge in [-0.1, -0.05) is 28.1 Å². The first-order valence-electron chi connectivity index (χ1n) is 4.45. The van der Waals surface area contributed by atoms with E-state index in [9.17, 15) is 8.42 Å². The number of thiocarbonyl (C=S) groups is 1. The minimum absolute atomic E-state index is 0.00368. The molecule has 0 saturated carbocycles. The lowest BCUT2D eigenvalue weighted by molar-refractivity contribution is 0.602. The van der Waals surface area contributed by atoms with E-state index in [1.165, 1.54) is 0 Å². The van der Waals surface area contributed by atoms with Crippen LogP contribution in [0, 0.1) is 0 Å². The number of benzene rings is 1. The van der Waals surface area contributed by atoms with E-state index in [4.69, 9.17) is 18.0 Å². The summed E-state index contributed by atoms with van der Waals surface area (Å²) >= 11 is 8.10. The summed E-state index contributed by atoms with van der Waals surface area (Å²) in [6.45, 7) is 1.56. The summed E-state index contributed by atoms with van der Waals surface area (Å²) in [7, 11) is -3.33. The Hall–Kier alpha value is -0.660. The van der Waals surface area contributed by atoms with Gasteiger partial charge in [0.15, 0.2) is 0 Å². The highest BCUT2D eigenvalue weighted by molar-refractivity contribution is 9.10. The van der Waals surface area contributed by atoms with E-state index in [-0.39, 0.29) is 10.7 Å². The Labute approximate surface area is 108 Å². The number of sulfonamides is 1. The molecule has 0 atom stereocenters. The van der Waals surface area contributed by atoms with Gasteiger partial charge in [0.25, 0.3) is 0 Å². The molecule has 0 heterocycles. The molecule has 0 unspecified atom stereocenters. The van der Waals surface area contributed by atoms with Gasteiger partial charge < -0.3 is 5.73 Å². The van der Waals surface area contributed by atoms with Crippen molar-refractivity contribution in [3.8, 4) is 0 Å². The summed E-state index contributed by atoms with van der Waals surface area (Å²) in [5.41, 5.74) is 6.41. The first-order valence-corrected chi connectivity index (χ1v) is 7.31. The number of anilines is 1. The second-order valence-corrected chi connectivity index (χ2v) is 6.43. The monoisotopic (exact) mass is 322 g/mol. The van der Waals surface area contributed by atoms with Crippen LogP contribution in [-0.2, 0) is 10.0 Å². The molecular weight excluding hydrogens is 312 g/mol. The van der Waals surface area contributed by atoms with E-state index >= 15 is 0 Å². The third-order valence-electron chi connectivity index (χ3n) is 1.89. The fourth-order valence-corrected chi connectivity index (χ4v) is 2.24. The van der Waals surface area contributed by atoms with Crippen molar-refractivity contribution in [2.75, 3.05) is 10.5 Å². The van der Waals surface area contributed by atoms with Gasteiger partial charge in [-0.15, -0.1) is 0 Å². The molecule has 1 rings (SSSR count). The fourth-order valence-electron chi connectivity index (χ4n) is 1.06. The Morgan fingerprint density at radius 3 is 2.69 bits per heavy atom. The van der Waals surface area contributed by atoms with Gasteiger partial charge in [-0.3, -0.25) is 4.72 Å². The smallest absolute Gasteiger partial charge is 0.232 e. The molecule has 0 bridgehead atoms. The molecule has 4 nitrogen and oxygen atoms in total. The van der Waals surface area contributed by atoms with Gasteiger partial charge in [0.2, 0.25) is 10.0 Å². The molecule has 1 aromatic carbocycles. The lowest BCUT2D eigenvalue weighted by atomic mass is 10.2. The second-order valence-electron chi connectivity index (χ2n) is 3.06. The van der Waals surface area contributed by atoms with Gasteiger partial charge >= 0.3 is 0 Å². The van der Waals surface area contributed by atoms with Gasteiger partial charge in [-0.2, -0.15) is 0 Å². The van der Waals surface area contributed by atoms with E-state index in [1.54, 1.807) is 25.1 Å². The number of nitrogens with one attached hydrogen (secondary N) is 1. The fraction of sp³-hybridized carbons (Fsp3) is 0.222. The maximum absolute atomic E-state index is 11.4. The normalized spacial score (nSPS) is 11.1. The predicted molar refractivity (Wildman–Crippen MR) is 73.1 cm³/mol. The molecule has 0 aliphatic carbocycles. The molecule has 7 heteroatoms. The zero-order valence-corrected chi connectivity index (χ0v) is 11.7. The molecule has 0 aliphatic rings. The Bertz CT molecular complexity index is 514. The summed E-state index contributed by atoms with van der Waals surface area (Å²) in [6, 6.07) is 5.04. The maximum atomic E-state index is 11.4. The first-order chi connectivity index (χ1) is 7.35. The third kappa shape index (κ3) is 3.43. The van der Waals surface area contributed by atoms with Crippen LogP contribution in [0.2, 0.25) is 0 Å². The lowest BCUT2D eigenvalue weighted by Gasteiger charge is -2.11. The van der Waals surface area contributed by atoms with Crippen molar-refractivity contribution in [2.24, 2.45) is 5.73 Å². The minimum atomic E-state index is -3.33. The van der Waals surface area contributed by atoms with Crippen LogP contribution < -0.4 is 10.5 Å². The molecule has 16 heavy (non-hydrogen) atoms. The molecule has 0 aromatic heterocycles. The van der Waals surface area contributed by atoms with Crippen LogP contribution in [-0.4, -0.2) is 19.2 Å². The van der Waals surface area contributed by atoms with Gasteiger partial charge in [0, 0.05) is 10.0 Å². The lowest BCUT2D eigenvalue weighted by Crippen LogP contribution is -2.19. The number of hydrogen-bond donors (Lipinski definition) is 2. The molecular formula is C9H11BrN2O2S2. The van der Waals surface area contributed by atoms with Crippen LogP contribution in [0.5, 0.6) is 0 Å². The summed E-state index contributed by atoms with van der Waals surface area (Å²) in [6.07, 6.45) is 0. The molecule has 0 amide bonds. The average Bonchev–Trinajstić information content (AvgIpc) is 2.16. The van der Waals surface area contributed by atoms with Crippen molar-refractivity contribution in [3.05, 3.63) is 28.2 Å². The highest BCUT2D eigenvalue weighted by atomic mass is 79.9. The summed E-state index contributed by atoms with van der Waals surface area (Å²) in [5, 5.41) is 0. The van der Waals surface area contributed by atoms with E-state index < -0.39 is 10.0 Å². The Morgan fingerprint density at radius 1 is 1.56 bits per heavy atom. The molecule has 3 N–H and O–H groups in total. The van der Waals surface area contributed by atoms with Crippen LogP contribution in [0.25, 0.3) is 0 Å². The third-order valence-corrected chi connectivity index (χ3v) is 3.90. The maximum Gasteiger partial charge on any atom is 0.232 e. The topological polar surface area (TPSA) is 72.2 Å². The van der Waals surface area contributed by atoms with Crippen molar-refractivity contribution in [2.45, 2.75) is 6.92 Å². The van der Waals surface area contributed by atoms with Crippen LogP contribution in [0.1, 0.15) is 12.5 Å². The zero-order valence-electron chi connectivity index (χ0n) is 8.53. The highest BCUT2D eigenvalue weighted by Gasteiger charge is 2.12. The Morgan fingerprint density at radius 2 is 2.19 bits per heavy atom. The number of rotatable bonds is 4. The van der Waals surface area contributed by atoms with E-state index in [1.807, 2.05) is 0 Å². The predicted octanol–water partition coefficient (Wildman–Crippen LogP) is 1.84.